The number of hydrogen-bond acceptors (Lipinski definition) is 7. The van der Waals surface area contributed by atoms with Gasteiger partial charge in [0, 0.05) is 6.20 Å². The van der Waals surface area contributed by atoms with Crippen LogP contribution >= 0.6 is 0 Å². The van der Waals surface area contributed by atoms with E-state index in [0.717, 1.165) is 11.1 Å². The number of ether oxygens (including phenoxy) is 1. The maximum atomic E-state index is 12.7. The van der Waals surface area contributed by atoms with Crippen LogP contribution in [-0.2, 0) is 33.6 Å². The second kappa shape index (κ2) is 10.0. The molecule has 0 fully saturated rings. The van der Waals surface area contributed by atoms with Gasteiger partial charge in [-0.05, 0) is 56.5 Å². The monoisotopic (exact) mass is 511 g/mol. The fourth-order valence-electron chi connectivity index (χ4n) is 3.73. The first kappa shape index (κ1) is 25.2. The Labute approximate surface area is 209 Å². The maximum absolute atomic E-state index is 12.7. The van der Waals surface area contributed by atoms with Gasteiger partial charge < -0.3 is 14.6 Å². The Balaban J connectivity index is 1.43. The summed E-state index contributed by atoms with van der Waals surface area (Å²) < 4.78 is 40.3. The standard InChI is InChI=1S/C25H29N5O5S/c1-17-12-19(15-30-11-10-20(27-30)14-26-24(31)34-25(2,3)4)13-21-22(17)23(28-35-21)29-36(32,33)16-18-8-6-5-7-9-18/h5-13H,14-16H2,1-4H3,(H,26,31)(H,28,29). The summed E-state index contributed by atoms with van der Waals surface area (Å²) in [5.74, 6) is 0.00332. The quantitative estimate of drug-likeness (QED) is 0.360. The molecule has 0 atom stereocenters. The number of hydrogen-bond donors (Lipinski definition) is 2. The van der Waals surface area contributed by atoms with Crippen LogP contribution in [0.5, 0.6) is 0 Å². The van der Waals surface area contributed by atoms with E-state index in [1.807, 2.05) is 37.4 Å². The van der Waals surface area contributed by atoms with Gasteiger partial charge in [-0.2, -0.15) is 5.10 Å². The van der Waals surface area contributed by atoms with Crippen LogP contribution < -0.4 is 10.0 Å². The number of benzene rings is 2. The molecule has 11 heteroatoms. The van der Waals surface area contributed by atoms with E-state index >= 15 is 0 Å². The van der Waals surface area contributed by atoms with Gasteiger partial charge in [-0.1, -0.05) is 41.6 Å². The fraction of sp³-hybridized carbons (Fsp3) is 0.320. The summed E-state index contributed by atoms with van der Waals surface area (Å²) in [6.07, 6.45) is 1.31. The molecule has 0 radical (unpaired) electrons. The molecule has 10 nitrogen and oxygen atoms in total. The molecule has 2 aromatic heterocycles. The van der Waals surface area contributed by atoms with Crippen LogP contribution in [0.4, 0.5) is 10.6 Å². The van der Waals surface area contributed by atoms with Crippen molar-refractivity contribution in [1.29, 1.82) is 0 Å². The van der Waals surface area contributed by atoms with E-state index in [9.17, 15) is 13.2 Å². The highest BCUT2D eigenvalue weighted by Crippen LogP contribution is 2.29. The molecule has 190 valence electrons. The van der Waals surface area contributed by atoms with Crippen molar-refractivity contribution in [2.24, 2.45) is 0 Å². The first-order chi connectivity index (χ1) is 17.0. The summed E-state index contributed by atoms with van der Waals surface area (Å²) >= 11 is 0. The number of sulfonamides is 1. The first-order valence-electron chi connectivity index (χ1n) is 11.4. The normalized spacial score (nSPS) is 12.0. The third-order valence-electron chi connectivity index (χ3n) is 5.14. The number of aryl methyl sites for hydroxylation is 1. The Morgan fingerprint density at radius 3 is 2.58 bits per heavy atom. The number of rotatable bonds is 8. The van der Waals surface area contributed by atoms with Crippen molar-refractivity contribution in [1.82, 2.24) is 20.3 Å². The molecular weight excluding hydrogens is 482 g/mol. The first-order valence-corrected chi connectivity index (χ1v) is 13.1. The van der Waals surface area contributed by atoms with Gasteiger partial charge in [0.15, 0.2) is 11.4 Å². The number of amides is 1. The summed E-state index contributed by atoms with van der Waals surface area (Å²) in [6, 6.07) is 14.5. The van der Waals surface area contributed by atoms with E-state index in [2.05, 4.69) is 20.3 Å². The van der Waals surface area contributed by atoms with Gasteiger partial charge in [0.05, 0.1) is 29.9 Å². The zero-order chi connectivity index (χ0) is 25.9. The molecule has 0 spiro atoms. The number of alkyl carbamates (subject to hydrolysis) is 1. The molecule has 0 saturated carbocycles. The molecule has 2 heterocycles. The minimum absolute atomic E-state index is 0.163. The lowest BCUT2D eigenvalue weighted by atomic mass is 10.1. The van der Waals surface area contributed by atoms with E-state index in [0.29, 0.717) is 28.8 Å². The minimum Gasteiger partial charge on any atom is -0.444 e. The summed E-state index contributed by atoms with van der Waals surface area (Å²) in [5, 5.41) is 11.7. The number of nitrogens with one attached hydrogen (secondary N) is 2. The number of aromatic nitrogens is 3. The van der Waals surface area contributed by atoms with Gasteiger partial charge in [-0.15, -0.1) is 0 Å². The van der Waals surface area contributed by atoms with Crippen LogP contribution in [0.15, 0.2) is 59.3 Å². The Bertz CT molecular complexity index is 1470. The predicted molar refractivity (Wildman–Crippen MR) is 136 cm³/mol. The molecule has 2 N–H and O–H groups in total. The number of carbonyl (C=O) groups is 1. The maximum Gasteiger partial charge on any atom is 0.407 e. The van der Waals surface area contributed by atoms with E-state index in [1.165, 1.54) is 0 Å². The van der Waals surface area contributed by atoms with Crippen molar-refractivity contribution >= 4 is 32.9 Å². The second-order valence-electron chi connectivity index (χ2n) is 9.52. The zero-order valence-corrected chi connectivity index (χ0v) is 21.4. The Morgan fingerprint density at radius 1 is 1.11 bits per heavy atom. The SMILES string of the molecule is Cc1cc(Cn2ccc(CNC(=O)OC(C)(C)C)n2)cc2onc(NS(=O)(=O)Cc3ccccc3)c12. The van der Waals surface area contributed by atoms with E-state index in [4.69, 9.17) is 9.26 Å². The average Bonchev–Trinajstić information content (AvgIpc) is 3.38. The molecule has 4 rings (SSSR count). The van der Waals surface area contributed by atoms with Gasteiger partial charge in [0.25, 0.3) is 0 Å². The van der Waals surface area contributed by atoms with Gasteiger partial charge in [0.1, 0.15) is 5.60 Å². The molecule has 0 unspecified atom stereocenters. The van der Waals surface area contributed by atoms with Crippen molar-refractivity contribution < 1.29 is 22.5 Å². The van der Waals surface area contributed by atoms with Gasteiger partial charge >= 0.3 is 6.09 Å². The molecular formula is C25H29N5O5S. The largest absolute Gasteiger partial charge is 0.444 e. The van der Waals surface area contributed by atoms with Crippen molar-refractivity contribution in [3.05, 3.63) is 77.1 Å². The average molecular weight is 512 g/mol. The van der Waals surface area contributed by atoms with Crippen LogP contribution in [0.3, 0.4) is 0 Å². The zero-order valence-electron chi connectivity index (χ0n) is 20.6. The minimum atomic E-state index is -3.67. The summed E-state index contributed by atoms with van der Waals surface area (Å²) in [5.41, 5.74) is 3.00. The molecule has 1 amide bonds. The molecule has 0 bridgehead atoms. The third-order valence-corrected chi connectivity index (χ3v) is 6.35. The highest BCUT2D eigenvalue weighted by Gasteiger charge is 2.19. The van der Waals surface area contributed by atoms with Crippen molar-refractivity contribution in [3.8, 4) is 0 Å². The summed E-state index contributed by atoms with van der Waals surface area (Å²) in [7, 11) is -3.67. The van der Waals surface area contributed by atoms with Gasteiger partial charge in [-0.25, -0.2) is 13.2 Å². The molecule has 4 aromatic rings. The molecule has 0 aliphatic heterocycles. The van der Waals surface area contributed by atoms with Crippen LogP contribution in [0.1, 0.15) is 43.2 Å². The lowest BCUT2D eigenvalue weighted by Gasteiger charge is -2.19. The summed E-state index contributed by atoms with van der Waals surface area (Å²) in [6.45, 7) is 7.98. The number of carbonyl (C=O) groups excluding carboxylic acids is 1. The van der Waals surface area contributed by atoms with Crippen LogP contribution in [0, 0.1) is 6.92 Å². The number of nitrogens with zero attached hydrogens (tertiary/aromatic N) is 3. The van der Waals surface area contributed by atoms with Crippen LogP contribution in [-0.4, -0.2) is 35.0 Å². The van der Waals surface area contributed by atoms with E-state index < -0.39 is 21.7 Å². The third kappa shape index (κ3) is 6.63. The lowest BCUT2D eigenvalue weighted by molar-refractivity contribution is 0.0522. The smallest absolute Gasteiger partial charge is 0.407 e. The van der Waals surface area contributed by atoms with Crippen LogP contribution in [0.2, 0.25) is 0 Å². The van der Waals surface area contributed by atoms with E-state index in [-0.39, 0.29) is 18.1 Å². The number of anilines is 1. The number of fused-ring (bicyclic) bond motifs is 1. The lowest BCUT2D eigenvalue weighted by Crippen LogP contribution is -2.32. The van der Waals surface area contributed by atoms with Crippen molar-refractivity contribution in [2.45, 2.75) is 52.1 Å². The Morgan fingerprint density at radius 2 is 1.86 bits per heavy atom. The fourth-order valence-corrected chi connectivity index (χ4v) is 4.87. The van der Waals surface area contributed by atoms with Crippen molar-refractivity contribution in [2.75, 3.05) is 4.72 Å². The molecule has 0 saturated heterocycles. The molecule has 0 aliphatic rings. The highest BCUT2D eigenvalue weighted by molar-refractivity contribution is 7.91. The van der Waals surface area contributed by atoms with E-state index in [1.54, 1.807) is 49.7 Å². The molecule has 2 aromatic carbocycles. The van der Waals surface area contributed by atoms with Gasteiger partial charge in [-0.3, -0.25) is 9.40 Å². The topological polar surface area (TPSA) is 128 Å². The van der Waals surface area contributed by atoms with Crippen LogP contribution in [0.25, 0.3) is 11.0 Å². The predicted octanol–water partition coefficient (Wildman–Crippen LogP) is 4.35. The second-order valence-corrected chi connectivity index (χ2v) is 11.2. The molecule has 36 heavy (non-hydrogen) atoms. The Kier molecular flexibility index (Phi) is 7.02. The summed E-state index contributed by atoms with van der Waals surface area (Å²) in [4.78, 5) is 11.8. The van der Waals surface area contributed by atoms with Crippen molar-refractivity contribution in [3.63, 3.8) is 0 Å². The Hall–Kier alpha value is -3.86. The highest BCUT2D eigenvalue weighted by atomic mass is 32.2. The molecule has 0 aliphatic carbocycles. The van der Waals surface area contributed by atoms with Gasteiger partial charge in [0.2, 0.25) is 10.0 Å².